The van der Waals surface area contributed by atoms with Crippen molar-refractivity contribution >= 4 is 0 Å². The zero-order valence-electron chi connectivity index (χ0n) is 5.81. The van der Waals surface area contributed by atoms with Gasteiger partial charge in [-0.2, -0.15) is 35.4 Å². The predicted molar refractivity (Wildman–Crippen MR) is 34.8 cm³/mol. The van der Waals surface area contributed by atoms with Crippen molar-refractivity contribution in [3.05, 3.63) is 35.4 Å². The van der Waals surface area contributed by atoms with E-state index in [0.29, 0.717) is 0 Å². The molecule has 0 saturated carbocycles. The van der Waals surface area contributed by atoms with E-state index < -0.39 is 0 Å². The number of hydrogen-bond acceptors (Lipinski definition) is 0. The molecule has 0 bridgehead atoms. The van der Waals surface area contributed by atoms with Crippen LogP contribution in [0.5, 0.6) is 0 Å². The molecule has 1 radical (unpaired) electrons. The Labute approximate surface area is 92.2 Å². The third-order valence-electron chi connectivity index (χ3n) is 1.35. The molecule has 0 aliphatic carbocycles. The van der Waals surface area contributed by atoms with E-state index in [2.05, 4.69) is 26.0 Å². The summed E-state index contributed by atoms with van der Waals surface area (Å²) in [7, 11) is 0. The monoisotopic (exact) mass is 332 g/mol. The van der Waals surface area contributed by atoms with Gasteiger partial charge in [0.05, 0.1) is 0 Å². The maximum atomic E-state index is 3.00. The Hall–Kier alpha value is 0.662. The smallest absolute Gasteiger partial charge is 0 e. The van der Waals surface area contributed by atoms with Gasteiger partial charge in [-0.1, -0.05) is 13.8 Å². The van der Waals surface area contributed by atoms with E-state index >= 15 is 0 Å². The molecule has 1 heteroatoms. The molecule has 0 saturated heterocycles. The Bertz CT molecular complexity index is 161. The van der Waals surface area contributed by atoms with E-state index in [1.54, 1.807) is 0 Å². The minimum absolute atomic E-state index is 0. The number of rotatable bonds is 0. The second kappa shape index (κ2) is 4.47. The van der Waals surface area contributed by atoms with Crippen LogP contribution >= 0.6 is 0 Å². The van der Waals surface area contributed by atoms with E-state index in [1.165, 1.54) is 11.1 Å². The zero-order chi connectivity index (χ0) is 5.98. The fourth-order valence-corrected chi connectivity index (χ4v) is 0.592. The molecule has 0 heterocycles. The number of aryl methyl sites for hydroxylation is 2. The standard InChI is InChI=1S/C8H9.Ac/c1-7-5-3-4-6-8(7)2;/h3,5-6H,1-2H3;/q-1;. The summed E-state index contributed by atoms with van der Waals surface area (Å²) in [6.45, 7) is 4.19. The van der Waals surface area contributed by atoms with E-state index in [-0.39, 0.29) is 44.1 Å². The van der Waals surface area contributed by atoms with Crippen LogP contribution in [0.2, 0.25) is 0 Å². The minimum Gasteiger partial charge on any atom is -0.184 e. The molecule has 0 amide bonds. The van der Waals surface area contributed by atoms with Crippen molar-refractivity contribution in [1.29, 1.82) is 0 Å². The maximum Gasteiger partial charge on any atom is 0 e. The summed E-state index contributed by atoms with van der Waals surface area (Å²) in [6.07, 6.45) is 0. The summed E-state index contributed by atoms with van der Waals surface area (Å²) in [5, 5.41) is 0. The van der Waals surface area contributed by atoms with Gasteiger partial charge < -0.3 is 0 Å². The van der Waals surface area contributed by atoms with E-state index in [1.807, 2.05) is 12.1 Å². The first-order valence-corrected chi connectivity index (χ1v) is 2.74. The molecule has 0 spiro atoms. The third-order valence-corrected chi connectivity index (χ3v) is 1.35. The van der Waals surface area contributed by atoms with Crippen molar-refractivity contribution in [2.45, 2.75) is 13.8 Å². The summed E-state index contributed by atoms with van der Waals surface area (Å²) in [5.41, 5.74) is 2.65. The van der Waals surface area contributed by atoms with E-state index in [9.17, 15) is 0 Å². The topological polar surface area (TPSA) is 0 Å². The number of hydrogen-bond donors (Lipinski definition) is 0. The van der Waals surface area contributed by atoms with Gasteiger partial charge in [0.2, 0.25) is 0 Å². The molecule has 0 aromatic heterocycles. The first-order chi connectivity index (χ1) is 3.80. The summed E-state index contributed by atoms with van der Waals surface area (Å²) < 4.78 is 0. The largest absolute Gasteiger partial charge is 0.184 e. The van der Waals surface area contributed by atoms with Crippen LogP contribution < -0.4 is 0 Å². The van der Waals surface area contributed by atoms with Crippen molar-refractivity contribution in [2.75, 3.05) is 0 Å². The normalized spacial score (nSPS) is 8.22. The second-order valence-electron chi connectivity index (χ2n) is 2.01. The average Bonchev–Trinajstić information content (AvgIpc) is 1.77. The molecule has 9 heavy (non-hydrogen) atoms. The van der Waals surface area contributed by atoms with Crippen LogP contribution in [0, 0.1) is 64.0 Å². The van der Waals surface area contributed by atoms with Gasteiger partial charge in [-0.05, 0) is 0 Å². The van der Waals surface area contributed by atoms with Crippen molar-refractivity contribution in [3.63, 3.8) is 0 Å². The fraction of sp³-hybridized carbons (Fsp3) is 0.250. The summed E-state index contributed by atoms with van der Waals surface area (Å²) in [6, 6.07) is 8.99. The zero-order valence-corrected chi connectivity index (χ0v) is 10.6. The molecule has 0 aliphatic heterocycles. The van der Waals surface area contributed by atoms with Crippen LogP contribution in [0.25, 0.3) is 0 Å². The van der Waals surface area contributed by atoms with Crippen LogP contribution in [-0.4, -0.2) is 0 Å². The SMILES string of the molecule is Cc1c[c-]ccc1C.[Ac]. The van der Waals surface area contributed by atoms with Crippen LogP contribution in [-0.2, 0) is 0 Å². The van der Waals surface area contributed by atoms with Crippen molar-refractivity contribution in [2.24, 2.45) is 0 Å². The van der Waals surface area contributed by atoms with Crippen molar-refractivity contribution in [1.82, 2.24) is 0 Å². The Morgan fingerprint density at radius 2 is 1.89 bits per heavy atom. The average molecular weight is 332 g/mol. The van der Waals surface area contributed by atoms with Gasteiger partial charge >= 0.3 is 0 Å². The summed E-state index contributed by atoms with van der Waals surface area (Å²) in [5.74, 6) is 0. The van der Waals surface area contributed by atoms with Crippen molar-refractivity contribution < 1.29 is 44.1 Å². The molecule has 0 atom stereocenters. The molecule has 45 valence electrons. The molecule has 0 N–H and O–H groups in total. The van der Waals surface area contributed by atoms with Gasteiger partial charge in [-0.25, -0.2) is 0 Å². The van der Waals surface area contributed by atoms with Gasteiger partial charge in [0.1, 0.15) is 0 Å². The van der Waals surface area contributed by atoms with Gasteiger partial charge in [0.15, 0.2) is 0 Å². The minimum atomic E-state index is 0. The van der Waals surface area contributed by atoms with Crippen molar-refractivity contribution in [3.8, 4) is 0 Å². The van der Waals surface area contributed by atoms with Gasteiger partial charge in [0.25, 0.3) is 0 Å². The molecular weight excluding hydrogens is 323 g/mol. The quantitative estimate of drug-likeness (QED) is 0.639. The molecule has 1 rings (SSSR count). The van der Waals surface area contributed by atoms with Crippen LogP contribution in [0.3, 0.4) is 0 Å². The number of benzene rings is 1. The Morgan fingerprint density at radius 1 is 1.22 bits per heavy atom. The summed E-state index contributed by atoms with van der Waals surface area (Å²) in [4.78, 5) is 0. The molecule has 0 unspecified atom stereocenters. The van der Waals surface area contributed by atoms with Crippen LogP contribution in [0.4, 0.5) is 0 Å². The first kappa shape index (κ1) is 9.66. The fourth-order valence-electron chi connectivity index (χ4n) is 0.592. The molecular formula is C8H9Ac-. The predicted octanol–water partition coefficient (Wildman–Crippen LogP) is 2.10. The van der Waals surface area contributed by atoms with Gasteiger partial charge in [-0.15, -0.1) is 0 Å². The molecule has 0 fully saturated rings. The van der Waals surface area contributed by atoms with E-state index in [4.69, 9.17) is 0 Å². The maximum absolute atomic E-state index is 3.00. The molecule has 1 aromatic rings. The second-order valence-corrected chi connectivity index (χ2v) is 2.01. The molecule has 0 aliphatic rings. The Morgan fingerprint density at radius 3 is 2.22 bits per heavy atom. The Kier molecular flexibility index (Phi) is 4.80. The Balaban J connectivity index is 0.000000640. The van der Waals surface area contributed by atoms with E-state index in [0.717, 1.165) is 0 Å². The molecule has 0 nitrogen and oxygen atoms in total. The molecule has 1 aromatic carbocycles. The van der Waals surface area contributed by atoms with Crippen LogP contribution in [0.15, 0.2) is 18.2 Å². The summed E-state index contributed by atoms with van der Waals surface area (Å²) >= 11 is 0. The van der Waals surface area contributed by atoms with Gasteiger partial charge in [0, 0.05) is 44.1 Å². The first-order valence-electron chi connectivity index (χ1n) is 2.74. The third kappa shape index (κ3) is 2.83. The van der Waals surface area contributed by atoms with Gasteiger partial charge in [-0.3, -0.25) is 0 Å². The van der Waals surface area contributed by atoms with Crippen LogP contribution in [0.1, 0.15) is 11.1 Å².